The Balaban J connectivity index is 2.07. The molecule has 0 atom stereocenters. The topological polar surface area (TPSA) is 126 Å². The molecule has 0 saturated heterocycles. The van der Waals surface area contributed by atoms with E-state index in [1.54, 1.807) is 35.7 Å². The van der Waals surface area contributed by atoms with Crippen molar-refractivity contribution in [3.63, 3.8) is 0 Å². The molecular formula is C24H19N5O3. The molecule has 8 nitrogen and oxygen atoms in total. The van der Waals surface area contributed by atoms with Crippen molar-refractivity contribution in [2.45, 2.75) is 6.92 Å². The Kier molecular flexibility index (Phi) is 5.55. The zero-order chi connectivity index (χ0) is 22.7. The van der Waals surface area contributed by atoms with Crippen molar-refractivity contribution in [2.75, 3.05) is 6.61 Å². The minimum absolute atomic E-state index is 0.0315. The summed E-state index contributed by atoms with van der Waals surface area (Å²) >= 11 is 0. The fourth-order valence-corrected chi connectivity index (χ4v) is 3.44. The number of rotatable bonds is 5. The van der Waals surface area contributed by atoms with Crippen molar-refractivity contribution in [3.05, 3.63) is 88.2 Å². The number of nitriles is 1. The van der Waals surface area contributed by atoms with Crippen molar-refractivity contribution in [1.82, 2.24) is 14.6 Å². The van der Waals surface area contributed by atoms with Gasteiger partial charge in [0, 0.05) is 17.2 Å². The van der Waals surface area contributed by atoms with Gasteiger partial charge in [0.1, 0.15) is 11.7 Å². The molecule has 4 aromatic rings. The number of aromatic amines is 1. The molecule has 0 bridgehead atoms. The molecule has 0 unspecified atom stereocenters. The highest BCUT2D eigenvalue weighted by Gasteiger charge is 2.24. The van der Waals surface area contributed by atoms with E-state index < -0.39 is 17.1 Å². The number of carbonyl (C=O) groups is 1. The molecule has 0 aliphatic carbocycles. The molecule has 2 aromatic carbocycles. The molecule has 0 aliphatic rings. The van der Waals surface area contributed by atoms with Gasteiger partial charge in [-0.05, 0) is 6.92 Å². The third kappa shape index (κ3) is 3.63. The first-order valence-corrected chi connectivity index (χ1v) is 9.89. The van der Waals surface area contributed by atoms with Crippen LogP contribution in [-0.2, 0) is 9.53 Å². The van der Waals surface area contributed by atoms with Crippen LogP contribution >= 0.6 is 0 Å². The molecular weight excluding hydrogens is 406 g/mol. The summed E-state index contributed by atoms with van der Waals surface area (Å²) in [6, 6.07) is 22.1. The standard InChI is InChI=1S/C24H19N5O3/c1-2-32-24(31)17(14-25)21(26)20-22(16-11-7-4-8-12-16)29-19(27-23(20)30)13-18(28-29)15-9-5-3-6-10-15/h3-13H,2,26H2,1H3,(H,27,30)/b21-17+. The van der Waals surface area contributed by atoms with Crippen molar-refractivity contribution >= 4 is 17.3 Å². The van der Waals surface area contributed by atoms with Gasteiger partial charge in [-0.3, -0.25) is 4.79 Å². The second kappa shape index (κ2) is 8.62. The van der Waals surface area contributed by atoms with Gasteiger partial charge in [-0.2, -0.15) is 10.4 Å². The van der Waals surface area contributed by atoms with Gasteiger partial charge in [-0.15, -0.1) is 0 Å². The Morgan fingerprint density at radius 2 is 1.75 bits per heavy atom. The molecule has 8 heteroatoms. The molecule has 4 rings (SSSR count). The number of hydrogen-bond acceptors (Lipinski definition) is 6. The molecule has 32 heavy (non-hydrogen) atoms. The number of fused-ring (bicyclic) bond motifs is 1. The maximum atomic E-state index is 13.1. The lowest BCUT2D eigenvalue weighted by atomic mass is 10.0. The van der Waals surface area contributed by atoms with Gasteiger partial charge in [0.05, 0.1) is 29.3 Å². The van der Waals surface area contributed by atoms with E-state index >= 15 is 0 Å². The Bertz CT molecular complexity index is 1430. The van der Waals surface area contributed by atoms with E-state index in [1.165, 1.54) is 0 Å². The molecule has 2 heterocycles. The smallest absolute Gasteiger partial charge is 0.351 e. The van der Waals surface area contributed by atoms with E-state index in [0.29, 0.717) is 22.6 Å². The van der Waals surface area contributed by atoms with Gasteiger partial charge in [0.25, 0.3) is 5.56 Å². The van der Waals surface area contributed by atoms with Crippen LogP contribution in [0.5, 0.6) is 0 Å². The van der Waals surface area contributed by atoms with Gasteiger partial charge in [0.2, 0.25) is 0 Å². The van der Waals surface area contributed by atoms with Gasteiger partial charge in [-0.1, -0.05) is 60.7 Å². The lowest BCUT2D eigenvalue weighted by molar-refractivity contribution is -0.137. The summed E-state index contributed by atoms with van der Waals surface area (Å²) in [6.45, 7) is 1.68. The fourth-order valence-electron chi connectivity index (χ4n) is 3.44. The quantitative estimate of drug-likeness (QED) is 0.287. The highest BCUT2D eigenvalue weighted by molar-refractivity contribution is 6.02. The summed E-state index contributed by atoms with van der Waals surface area (Å²) in [5, 5.41) is 14.2. The lowest BCUT2D eigenvalue weighted by Crippen LogP contribution is -2.23. The Labute approximate surface area is 183 Å². The first kappa shape index (κ1) is 20.6. The third-order valence-corrected chi connectivity index (χ3v) is 4.87. The summed E-state index contributed by atoms with van der Waals surface area (Å²) < 4.78 is 6.50. The van der Waals surface area contributed by atoms with Crippen LogP contribution in [0.2, 0.25) is 0 Å². The highest BCUT2D eigenvalue weighted by atomic mass is 16.5. The fraction of sp³-hybridized carbons (Fsp3) is 0.0833. The Morgan fingerprint density at radius 3 is 2.34 bits per heavy atom. The number of carbonyl (C=O) groups excluding carboxylic acids is 1. The second-order valence-corrected chi connectivity index (χ2v) is 6.86. The van der Waals surface area contributed by atoms with Crippen molar-refractivity contribution in [2.24, 2.45) is 5.73 Å². The number of nitrogens with zero attached hydrogens (tertiary/aromatic N) is 3. The molecule has 0 radical (unpaired) electrons. The van der Waals surface area contributed by atoms with Crippen molar-refractivity contribution in [3.8, 4) is 28.6 Å². The Hall–Kier alpha value is -4.64. The van der Waals surface area contributed by atoms with Crippen molar-refractivity contribution < 1.29 is 9.53 Å². The molecule has 158 valence electrons. The highest BCUT2D eigenvalue weighted by Crippen LogP contribution is 2.28. The van der Waals surface area contributed by atoms with Crippen LogP contribution in [0.4, 0.5) is 0 Å². The molecule has 3 N–H and O–H groups in total. The first-order valence-electron chi connectivity index (χ1n) is 9.89. The number of hydrogen-bond donors (Lipinski definition) is 2. The molecule has 0 saturated carbocycles. The van der Waals surface area contributed by atoms with Crippen LogP contribution < -0.4 is 11.3 Å². The summed E-state index contributed by atoms with van der Waals surface area (Å²) in [4.78, 5) is 28.2. The first-order chi connectivity index (χ1) is 15.5. The zero-order valence-electron chi connectivity index (χ0n) is 17.2. The van der Waals surface area contributed by atoms with E-state index in [9.17, 15) is 14.9 Å². The van der Waals surface area contributed by atoms with Gasteiger partial charge in [-0.25, -0.2) is 9.31 Å². The predicted octanol–water partition coefficient (Wildman–Crippen LogP) is 3.11. The number of benzene rings is 2. The number of nitrogens with two attached hydrogens (primary N) is 1. The predicted molar refractivity (Wildman–Crippen MR) is 120 cm³/mol. The largest absolute Gasteiger partial charge is 0.462 e. The van der Waals surface area contributed by atoms with Crippen molar-refractivity contribution in [1.29, 1.82) is 5.26 Å². The van der Waals surface area contributed by atoms with Gasteiger partial charge >= 0.3 is 5.97 Å². The van der Waals surface area contributed by atoms with E-state index in [-0.39, 0.29) is 17.9 Å². The summed E-state index contributed by atoms with van der Waals surface area (Å²) in [5.74, 6) is -0.892. The van der Waals surface area contributed by atoms with Crippen LogP contribution in [0, 0.1) is 11.3 Å². The van der Waals surface area contributed by atoms with E-state index in [4.69, 9.17) is 10.5 Å². The maximum absolute atomic E-state index is 13.1. The average molecular weight is 425 g/mol. The molecule has 2 aromatic heterocycles. The maximum Gasteiger partial charge on any atom is 0.351 e. The molecule has 0 spiro atoms. The zero-order valence-corrected chi connectivity index (χ0v) is 17.2. The molecule has 0 fully saturated rings. The monoisotopic (exact) mass is 425 g/mol. The van der Waals surface area contributed by atoms with Crippen LogP contribution in [0.15, 0.2) is 77.1 Å². The summed E-state index contributed by atoms with van der Waals surface area (Å²) in [7, 11) is 0. The number of H-pyrrole nitrogens is 1. The SMILES string of the molecule is CCOC(=O)/C(C#N)=C(/N)c1c(-c2ccccc2)n2nc(-c3ccccc3)cc2[nH]c1=O. The lowest BCUT2D eigenvalue weighted by Gasteiger charge is -2.13. The summed E-state index contributed by atoms with van der Waals surface area (Å²) in [5.41, 5.74) is 7.89. The summed E-state index contributed by atoms with van der Waals surface area (Å²) in [6.07, 6.45) is 0. The van der Waals surface area contributed by atoms with Crippen LogP contribution in [-0.4, -0.2) is 27.2 Å². The van der Waals surface area contributed by atoms with Crippen LogP contribution in [0.1, 0.15) is 12.5 Å². The number of aromatic nitrogens is 3. The minimum Gasteiger partial charge on any atom is -0.462 e. The number of esters is 1. The van der Waals surface area contributed by atoms with Gasteiger partial charge < -0.3 is 15.5 Å². The Morgan fingerprint density at radius 1 is 1.12 bits per heavy atom. The third-order valence-electron chi connectivity index (χ3n) is 4.87. The van der Waals surface area contributed by atoms with E-state index in [2.05, 4.69) is 10.1 Å². The second-order valence-electron chi connectivity index (χ2n) is 6.86. The van der Waals surface area contributed by atoms with Crippen LogP contribution in [0.25, 0.3) is 33.9 Å². The normalized spacial score (nSPS) is 11.6. The molecule has 0 aliphatic heterocycles. The van der Waals surface area contributed by atoms with E-state index in [0.717, 1.165) is 5.56 Å². The molecule has 0 amide bonds. The van der Waals surface area contributed by atoms with E-state index in [1.807, 2.05) is 48.5 Å². The number of nitrogens with one attached hydrogen (secondary N) is 1. The number of ether oxygens (including phenoxy) is 1. The minimum atomic E-state index is -0.892. The van der Waals surface area contributed by atoms with Crippen LogP contribution in [0.3, 0.4) is 0 Å². The average Bonchev–Trinajstić information content (AvgIpc) is 3.23. The van der Waals surface area contributed by atoms with Gasteiger partial charge in [0.15, 0.2) is 5.57 Å².